The van der Waals surface area contributed by atoms with Crippen molar-refractivity contribution in [2.45, 2.75) is 44.2 Å². The Morgan fingerprint density at radius 2 is 1.84 bits per heavy atom. The number of fused-ring (bicyclic) bond motifs is 1. The van der Waals surface area contributed by atoms with Crippen molar-refractivity contribution < 1.29 is 14.3 Å². The third kappa shape index (κ3) is 4.51. The number of aliphatic hydroxyl groups excluding tert-OH is 1. The van der Waals surface area contributed by atoms with Crippen LogP contribution in [0.3, 0.4) is 0 Å². The van der Waals surface area contributed by atoms with E-state index < -0.39 is 0 Å². The van der Waals surface area contributed by atoms with E-state index in [0.29, 0.717) is 18.5 Å². The van der Waals surface area contributed by atoms with Gasteiger partial charge in [0.2, 0.25) is 5.91 Å². The highest BCUT2D eigenvalue weighted by Gasteiger charge is 2.49. The molecule has 2 aromatic carbocycles. The molecule has 4 rings (SSSR count). The van der Waals surface area contributed by atoms with Crippen LogP contribution in [-0.2, 0) is 4.79 Å². The molecule has 5 heteroatoms. The summed E-state index contributed by atoms with van der Waals surface area (Å²) < 4.78 is 13.8. The van der Waals surface area contributed by atoms with Gasteiger partial charge in [0.05, 0.1) is 12.2 Å². The molecule has 0 radical (unpaired) electrons. The molecule has 0 aromatic heterocycles. The zero-order valence-electron chi connectivity index (χ0n) is 17.9. The summed E-state index contributed by atoms with van der Waals surface area (Å²) in [5.74, 6) is 5.99. The molecule has 0 bridgehead atoms. The SMILES string of the molecule is CCC(=O)N1CCCCN2[C@H](CO)[C@H](c3ccc(C#Cc4ccccc4F)cc3)[C@@H]2C1. The van der Waals surface area contributed by atoms with Crippen LogP contribution in [0.15, 0.2) is 48.5 Å². The van der Waals surface area contributed by atoms with E-state index in [1.165, 1.54) is 6.07 Å². The zero-order chi connectivity index (χ0) is 21.8. The lowest BCUT2D eigenvalue weighted by Crippen LogP contribution is -2.67. The van der Waals surface area contributed by atoms with Crippen LogP contribution in [0.1, 0.15) is 48.8 Å². The van der Waals surface area contributed by atoms with E-state index in [0.717, 1.165) is 37.1 Å². The predicted octanol–water partition coefficient (Wildman–Crippen LogP) is 3.39. The van der Waals surface area contributed by atoms with Crippen molar-refractivity contribution in [2.24, 2.45) is 0 Å². The molecule has 4 nitrogen and oxygen atoms in total. The van der Waals surface area contributed by atoms with Gasteiger partial charge in [0.15, 0.2) is 0 Å². The molecular weight excluding hydrogens is 391 g/mol. The molecule has 31 heavy (non-hydrogen) atoms. The average molecular weight is 421 g/mol. The molecule has 1 N–H and O–H groups in total. The highest BCUT2D eigenvalue weighted by Crippen LogP contribution is 2.42. The van der Waals surface area contributed by atoms with Gasteiger partial charge in [-0.3, -0.25) is 9.69 Å². The minimum absolute atomic E-state index is 0.0806. The van der Waals surface area contributed by atoms with Crippen molar-refractivity contribution in [3.63, 3.8) is 0 Å². The lowest BCUT2D eigenvalue weighted by molar-refractivity contribution is -0.136. The maximum absolute atomic E-state index is 13.8. The fourth-order valence-corrected chi connectivity index (χ4v) is 4.88. The molecule has 2 fully saturated rings. The Hall–Kier alpha value is -2.68. The van der Waals surface area contributed by atoms with Gasteiger partial charge >= 0.3 is 0 Å². The zero-order valence-corrected chi connectivity index (χ0v) is 17.9. The fraction of sp³-hybridized carbons (Fsp3) is 0.423. The van der Waals surface area contributed by atoms with Gasteiger partial charge in [-0.1, -0.05) is 43.0 Å². The molecule has 1 amide bonds. The molecule has 3 atom stereocenters. The molecule has 2 saturated heterocycles. The largest absolute Gasteiger partial charge is 0.395 e. The minimum atomic E-state index is -0.317. The smallest absolute Gasteiger partial charge is 0.222 e. The second kappa shape index (κ2) is 9.64. The first-order valence-electron chi connectivity index (χ1n) is 11.1. The molecule has 0 aliphatic carbocycles. The van der Waals surface area contributed by atoms with Gasteiger partial charge in [0.1, 0.15) is 5.82 Å². The Morgan fingerprint density at radius 1 is 1.10 bits per heavy atom. The van der Waals surface area contributed by atoms with Crippen molar-refractivity contribution >= 4 is 5.91 Å². The van der Waals surface area contributed by atoms with Crippen LogP contribution in [-0.4, -0.2) is 59.1 Å². The number of amides is 1. The van der Waals surface area contributed by atoms with Crippen molar-refractivity contribution in [3.8, 4) is 11.8 Å². The summed E-state index contributed by atoms with van der Waals surface area (Å²) >= 11 is 0. The summed E-state index contributed by atoms with van der Waals surface area (Å²) in [6, 6.07) is 14.8. The number of carbonyl (C=O) groups is 1. The molecule has 0 saturated carbocycles. The van der Waals surface area contributed by atoms with Gasteiger partial charge < -0.3 is 10.0 Å². The molecule has 2 aliphatic heterocycles. The van der Waals surface area contributed by atoms with E-state index in [4.69, 9.17) is 0 Å². The lowest BCUT2D eigenvalue weighted by atomic mass is 9.74. The van der Waals surface area contributed by atoms with Crippen molar-refractivity contribution in [3.05, 3.63) is 71.0 Å². The number of hydrogen-bond acceptors (Lipinski definition) is 3. The van der Waals surface area contributed by atoms with Gasteiger partial charge in [-0.05, 0) is 49.2 Å². The molecule has 2 aliphatic rings. The number of aliphatic hydroxyl groups is 1. The molecule has 2 heterocycles. The molecule has 2 aromatic rings. The highest BCUT2D eigenvalue weighted by molar-refractivity contribution is 5.75. The summed E-state index contributed by atoms with van der Waals surface area (Å²) in [4.78, 5) is 16.7. The number of hydrogen-bond donors (Lipinski definition) is 1. The van der Waals surface area contributed by atoms with E-state index in [-0.39, 0.29) is 36.3 Å². The fourth-order valence-electron chi connectivity index (χ4n) is 4.88. The molecule has 162 valence electrons. The van der Waals surface area contributed by atoms with Gasteiger partial charge in [0, 0.05) is 43.1 Å². The van der Waals surface area contributed by atoms with Crippen LogP contribution in [0, 0.1) is 17.7 Å². The molecular formula is C26H29FN2O2. The van der Waals surface area contributed by atoms with E-state index in [2.05, 4.69) is 28.9 Å². The normalized spacial score (nSPS) is 23.6. The van der Waals surface area contributed by atoms with Crippen LogP contribution in [0.2, 0.25) is 0 Å². The monoisotopic (exact) mass is 420 g/mol. The summed E-state index contributed by atoms with van der Waals surface area (Å²) in [6.45, 7) is 4.51. The van der Waals surface area contributed by atoms with Crippen LogP contribution in [0.5, 0.6) is 0 Å². The molecule has 0 spiro atoms. The number of nitrogens with zero attached hydrogens (tertiary/aromatic N) is 2. The van der Waals surface area contributed by atoms with Crippen molar-refractivity contribution in [1.29, 1.82) is 0 Å². The molecule has 0 unspecified atom stereocenters. The Bertz CT molecular complexity index is 979. The van der Waals surface area contributed by atoms with Crippen LogP contribution >= 0.6 is 0 Å². The lowest BCUT2D eigenvalue weighted by Gasteiger charge is -2.57. The second-order valence-corrected chi connectivity index (χ2v) is 8.33. The maximum Gasteiger partial charge on any atom is 0.222 e. The van der Waals surface area contributed by atoms with Crippen LogP contribution < -0.4 is 0 Å². The number of benzene rings is 2. The van der Waals surface area contributed by atoms with E-state index in [1.807, 2.05) is 24.0 Å². The third-order valence-corrected chi connectivity index (χ3v) is 6.54. The predicted molar refractivity (Wildman–Crippen MR) is 119 cm³/mol. The summed E-state index contributed by atoms with van der Waals surface area (Å²) in [7, 11) is 0. The quantitative estimate of drug-likeness (QED) is 0.775. The van der Waals surface area contributed by atoms with E-state index >= 15 is 0 Å². The third-order valence-electron chi connectivity index (χ3n) is 6.54. The van der Waals surface area contributed by atoms with Gasteiger partial charge in [-0.25, -0.2) is 4.39 Å². The number of carbonyl (C=O) groups excluding carboxylic acids is 1. The van der Waals surface area contributed by atoms with E-state index in [1.54, 1.807) is 18.2 Å². The van der Waals surface area contributed by atoms with Crippen LogP contribution in [0.4, 0.5) is 4.39 Å². The number of halogens is 1. The first-order chi connectivity index (χ1) is 15.1. The summed E-state index contributed by atoms with van der Waals surface area (Å²) in [5.41, 5.74) is 2.36. The standard InChI is InChI=1S/C26H29FN2O2/c1-2-25(31)28-15-5-6-16-29-23(17-28)26(24(29)18-30)21-13-10-19(11-14-21)9-12-20-7-3-4-8-22(20)27/h3-4,7-8,10-11,13-14,23-24,26,30H,2,5-6,15-18H2,1H3/t23-,24+,26+/m0/s1. The number of rotatable bonds is 3. The Kier molecular flexibility index (Phi) is 6.70. The van der Waals surface area contributed by atoms with Gasteiger partial charge in [0.25, 0.3) is 0 Å². The minimum Gasteiger partial charge on any atom is -0.395 e. The highest BCUT2D eigenvalue weighted by atomic mass is 19.1. The van der Waals surface area contributed by atoms with Gasteiger partial charge in [-0.15, -0.1) is 0 Å². The Labute approximate surface area is 183 Å². The van der Waals surface area contributed by atoms with E-state index in [9.17, 15) is 14.3 Å². The first-order valence-corrected chi connectivity index (χ1v) is 11.1. The summed E-state index contributed by atoms with van der Waals surface area (Å²) in [5, 5.41) is 10.1. The summed E-state index contributed by atoms with van der Waals surface area (Å²) in [6.07, 6.45) is 2.57. The van der Waals surface area contributed by atoms with Crippen molar-refractivity contribution in [1.82, 2.24) is 9.80 Å². The Morgan fingerprint density at radius 3 is 2.55 bits per heavy atom. The average Bonchev–Trinajstić information content (AvgIpc) is 2.78. The van der Waals surface area contributed by atoms with Crippen molar-refractivity contribution in [2.75, 3.05) is 26.2 Å². The Balaban J connectivity index is 1.53. The maximum atomic E-state index is 13.8. The first kappa shape index (κ1) is 21.5. The van der Waals surface area contributed by atoms with Gasteiger partial charge in [-0.2, -0.15) is 0 Å². The van der Waals surface area contributed by atoms with Crippen LogP contribution in [0.25, 0.3) is 0 Å². The second-order valence-electron chi connectivity index (χ2n) is 8.33. The topological polar surface area (TPSA) is 43.8 Å².